The van der Waals surface area contributed by atoms with Crippen LogP contribution < -0.4 is 0 Å². The van der Waals surface area contributed by atoms with Crippen molar-refractivity contribution in [3.63, 3.8) is 0 Å². The van der Waals surface area contributed by atoms with E-state index in [0.717, 1.165) is 5.32 Å². The van der Waals surface area contributed by atoms with Gasteiger partial charge in [0, 0.05) is 0 Å². The van der Waals surface area contributed by atoms with Crippen molar-refractivity contribution in [3.05, 3.63) is 0 Å². The molecule has 0 saturated carbocycles. The maximum absolute atomic E-state index is 12.0. The molecule has 0 rings (SSSR count). The van der Waals surface area contributed by atoms with Crippen molar-refractivity contribution >= 4 is 47.8 Å². The van der Waals surface area contributed by atoms with Gasteiger partial charge in [0.05, 0.1) is 0 Å². The van der Waals surface area contributed by atoms with Gasteiger partial charge < -0.3 is 0 Å². The zero-order valence-corrected chi connectivity index (χ0v) is 15.5. The van der Waals surface area contributed by atoms with Crippen molar-refractivity contribution in [2.75, 3.05) is 7.11 Å². The Morgan fingerprint density at radius 1 is 1.00 bits per heavy atom. The molecule has 6 nitrogen and oxygen atoms in total. The van der Waals surface area contributed by atoms with Crippen LogP contribution in [0.25, 0.3) is 0 Å². The summed E-state index contributed by atoms with van der Waals surface area (Å²) < 4.78 is 14.7. The second-order valence-electron chi connectivity index (χ2n) is 3.78. The normalized spacial score (nSPS) is 13.2. The van der Waals surface area contributed by atoms with Gasteiger partial charge in [-0.25, -0.2) is 0 Å². The minimum atomic E-state index is -0.934. The van der Waals surface area contributed by atoms with Crippen molar-refractivity contribution in [1.82, 2.24) is 0 Å². The van der Waals surface area contributed by atoms with Gasteiger partial charge in [0.2, 0.25) is 0 Å². The van der Waals surface area contributed by atoms with Crippen molar-refractivity contribution in [3.8, 4) is 0 Å². The number of ether oxygens (including phenoxy) is 3. The fraction of sp³-hybridized carbons (Fsp3) is 0.750. The van der Waals surface area contributed by atoms with Crippen molar-refractivity contribution in [2.45, 2.75) is 47.8 Å². The van der Waals surface area contributed by atoms with Gasteiger partial charge in [0.15, 0.2) is 0 Å². The Kier molecular flexibility index (Phi) is 10.8. The Morgan fingerprint density at radius 3 is 2.10 bits per heavy atom. The van der Waals surface area contributed by atoms with E-state index in [1.54, 1.807) is 0 Å². The molecular weight excluding hydrogens is 398 g/mol. The zero-order chi connectivity index (χ0) is 15.5. The van der Waals surface area contributed by atoms with Gasteiger partial charge in [-0.15, -0.1) is 0 Å². The molecule has 0 amide bonds. The van der Waals surface area contributed by atoms with E-state index in [1.165, 1.54) is 14.0 Å². The third kappa shape index (κ3) is 7.90. The third-order valence-electron chi connectivity index (χ3n) is 2.20. The molecule has 116 valence electrons. The molecule has 8 heteroatoms. The fourth-order valence-corrected chi connectivity index (χ4v) is 3.31. The molecule has 0 fully saturated rings. The first kappa shape index (κ1) is 19.4. The molecule has 0 bridgehead atoms. The molecular formula is C12H20O6Se2. The Bertz CT molecular complexity index is 334. The maximum atomic E-state index is 12.0. The van der Waals surface area contributed by atoms with E-state index in [1.807, 2.05) is 11.6 Å². The molecule has 0 spiro atoms. The van der Waals surface area contributed by atoms with Gasteiger partial charge in [-0.05, 0) is 0 Å². The quantitative estimate of drug-likeness (QED) is 0.312. The summed E-state index contributed by atoms with van der Waals surface area (Å²) in [5.41, 5.74) is 0. The van der Waals surface area contributed by atoms with Crippen LogP contribution >= 0.6 is 0 Å². The first-order valence-corrected chi connectivity index (χ1v) is 11.7. The predicted molar refractivity (Wildman–Crippen MR) is 74.9 cm³/mol. The molecule has 0 saturated heterocycles. The van der Waals surface area contributed by atoms with Gasteiger partial charge in [-0.2, -0.15) is 0 Å². The summed E-state index contributed by atoms with van der Waals surface area (Å²) in [5, 5.41) is 1.23. The van der Waals surface area contributed by atoms with E-state index in [-0.39, 0.29) is 15.0 Å². The Balaban J connectivity index is 4.67. The van der Waals surface area contributed by atoms with Crippen molar-refractivity contribution in [2.24, 2.45) is 0 Å². The number of rotatable bonds is 9. The van der Waals surface area contributed by atoms with E-state index in [0.29, 0.717) is 26.7 Å². The average molecular weight is 418 g/mol. The van der Waals surface area contributed by atoms with Crippen LogP contribution in [0.15, 0.2) is 0 Å². The van der Waals surface area contributed by atoms with Crippen molar-refractivity contribution in [1.29, 1.82) is 0 Å². The Labute approximate surface area is 131 Å². The van der Waals surface area contributed by atoms with E-state index in [2.05, 4.69) is 4.74 Å². The summed E-state index contributed by atoms with van der Waals surface area (Å²) in [6, 6.07) is 0. The molecule has 0 heterocycles. The molecule has 0 aliphatic carbocycles. The van der Waals surface area contributed by atoms with Gasteiger partial charge in [-0.1, -0.05) is 0 Å². The van der Waals surface area contributed by atoms with Crippen LogP contribution in [-0.4, -0.2) is 67.1 Å². The van der Waals surface area contributed by atoms with Crippen LogP contribution in [0.5, 0.6) is 0 Å². The molecule has 2 atom stereocenters. The summed E-state index contributed by atoms with van der Waals surface area (Å²) in [7, 11) is 1.25. The van der Waals surface area contributed by atoms with Crippen LogP contribution in [-0.2, 0) is 28.6 Å². The SMILES string of the molecule is COC(=O)C(CC[Se]C)OC(=O)C(C[Se]C)OC(C)=O. The van der Waals surface area contributed by atoms with Crippen LogP contribution in [0.3, 0.4) is 0 Å². The zero-order valence-electron chi connectivity index (χ0n) is 12.0. The third-order valence-corrected chi connectivity index (χ3v) is 4.88. The first-order chi connectivity index (χ1) is 9.46. The number of esters is 3. The summed E-state index contributed by atoms with van der Waals surface area (Å²) in [5.74, 6) is 2.16. The van der Waals surface area contributed by atoms with Crippen LogP contribution in [0, 0.1) is 0 Å². The minimum absolute atomic E-state index is 0.145. The summed E-state index contributed by atoms with van der Waals surface area (Å²) in [6.45, 7) is 1.24. The molecule has 0 N–H and O–H groups in total. The number of hydrogen-bond donors (Lipinski definition) is 0. The molecule has 0 aromatic heterocycles. The molecule has 0 aliphatic heterocycles. The Hall–Kier alpha value is -0.551. The summed E-state index contributed by atoms with van der Waals surface area (Å²) >= 11 is 0.521. The number of carbonyl (C=O) groups excluding carboxylic acids is 3. The van der Waals surface area contributed by atoms with Crippen LogP contribution in [0.4, 0.5) is 0 Å². The van der Waals surface area contributed by atoms with Crippen LogP contribution in [0.2, 0.25) is 22.3 Å². The second kappa shape index (κ2) is 11.1. The monoisotopic (exact) mass is 420 g/mol. The number of hydrogen-bond acceptors (Lipinski definition) is 6. The molecule has 0 radical (unpaired) electrons. The standard InChI is InChI=1S/C12H20O6Se2/c1-8(13)17-10(7-20-4)12(15)18-9(5-6-19-3)11(14)16-2/h9-10H,5-7H2,1-4H3. The second-order valence-corrected chi connectivity index (χ2v) is 7.76. The Morgan fingerprint density at radius 2 is 1.65 bits per heavy atom. The van der Waals surface area contributed by atoms with Gasteiger partial charge >= 0.3 is 131 Å². The summed E-state index contributed by atoms with van der Waals surface area (Å²) in [4.78, 5) is 34.5. The molecule has 0 aromatic rings. The average Bonchev–Trinajstić information content (AvgIpc) is 2.41. The van der Waals surface area contributed by atoms with Gasteiger partial charge in [0.1, 0.15) is 0 Å². The summed E-state index contributed by atoms with van der Waals surface area (Å²) in [6.07, 6.45) is -1.42. The van der Waals surface area contributed by atoms with Gasteiger partial charge in [0.25, 0.3) is 0 Å². The van der Waals surface area contributed by atoms with E-state index in [9.17, 15) is 14.4 Å². The molecule has 0 aromatic carbocycles. The van der Waals surface area contributed by atoms with E-state index in [4.69, 9.17) is 9.47 Å². The van der Waals surface area contributed by atoms with E-state index >= 15 is 0 Å². The topological polar surface area (TPSA) is 78.9 Å². The van der Waals surface area contributed by atoms with Crippen molar-refractivity contribution < 1.29 is 28.6 Å². The van der Waals surface area contributed by atoms with Gasteiger partial charge in [-0.3, -0.25) is 0 Å². The molecule has 20 heavy (non-hydrogen) atoms. The number of carbonyl (C=O) groups is 3. The van der Waals surface area contributed by atoms with Crippen LogP contribution in [0.1, 0.15) is 13.3 Å². The van der Waals surface area contributed by atoms with E-state index < -0.39 is 30.1 Å². The fourth-order valence-electron chi connectivity index (χ4n) is 1.30. The molecule has 2 unspecified atom stereocenters. The predicted octanol–water partition coefficient (Wildman–Crippen LogP) is 0.734. The number of methoxy groups -OCH3 is 1. The first-order valence-electron chi connectivity index (χ1n) is 5.89. The molecule has 0 aliphatic rings.